The number of nitrogens with zero attached hydrogens (tertiary/aromatic N) is 1. The molecule has 0 radical (unpaired) electrons. The molecule has 4 amide bonds. The Kier molecular flexibility index (Phi) is 13.6. The van der Waals surface area contributed by atoms with Gasteiger partial charge in [-0.2, -0.15) is 0 Å². The van der Waals surface area contributed by atoms with E-state index in [1.165, 1.54) is 11.8 Å². The Labute approximate surface area is 307 Å². The van der Waals surface area contributed by atoms with Gasteiger partial charge in [0.15, 0.2) is 0 Å². The van der Waals surface area contributed by atoms with Crippen molar-refractivity contribution < 1.29 is 19.2 Å². The number of thioether (sulfide) groups is 1. The summed E-state index contributed by atoms with van der Waals surface area (Å²) in [5.74, 6) is -0.379. The van der Waals surface area contributed by atoms with Crippen LogP contribution in [-0.4, -0.2) is 77.8 Å². The van der Waals surface area contributed by atoms with Gasteiger partial charge in [0.2, 0.25) is 23.6 Å². The van der Waals surface area contributed by atoms with Gasteiger partial charge >= 0.3 is 0 Å². The number of amides is 4. The average molecular weight is 714 g/mol. The number of carbonyl (C=O) groups is 4. The van der Waals surface area contributed by atoms with Crippen LogP contribution in [0.15, 0.2) is 72.8 Å². The van der Waals surface area contributed by atoms with Crippen molar-refractivity contribution in [1.82, 2.24) is 20.9 Å². The predicted molar refractivity (Wildman–Crippen MR) is 206 cm³/mol. The number of fused-ring (bicyclic) bond motifs is 1. The number of piperidine rings is 1. The maximum absolute atomic E-state index is 14.7. The van der Waals surface area contributed by atoms with Crippen LogP contribution in [0, 0.1) is 5.41 Å². The Morgan fingerprint density at radius 1 is 0.922 bits per heavy atom. The molecular weight excluding hydrogens is 659 g/mol. The summed E-state index contributed by atoms with van der Waals surface area (Å²) in [6.07, 6.45) is 9.05. The van der Waals surface area contributed by atoms with Gasteiger partial charge in [0.05, 0.1) is 10.2 Å². The zero-order valence-corrected chi connectivity index (χ0v) is 31.1. The van der Waals surface area contributed by atoms with Crippen molar-refractivity contribution in [3.8, 4) is 0 Å². The Morgan fingerprint density at radius 2 is 1.69 bits per heavy atom. The normalized spacial score (nSPS) is 22.3. The van der Waals surface area contributed by atoms with Crippen molar-refractivity contribution in [3.05, 3.63) is 83.9 Å². The molecule has 5 rings (SSSR count). The summed E-state index contributed by atoms with van der Waals surface area (Å²) >= 11 is 1.50. The van der Waals surface area contributed by atoms with Crippen LogP contribution in [0.3, 0.4) is 0 Å². The second-order valence-corrected chi connectivity index (χ2v) is 15.6. The number of likely N-dealkylation sites (tertiary alicyclic amines) is 1. The first-order valence-corrected chi connectivity index (χ1v) is 19.9. The predicted octanol–water partition coefficient (Wildman–Crippen LogP) is 5.14. The van der Waals surface area contributed by atoms with E-state index in [1.807, 2.05) is 66.6 Å². The van der Waals surface area contributed by atoms with Gasteiger partial charge in [-0.3, -0.25) is 19.2 Å². The molecule has 4 unspecified atom stereocenters. The molecule has 0 aromatic heterocycles. The molecule has 3 aromatic rings. The summed E-state index contributed by atoms with van der Waals surface area (Å²) in [6, 6.07) is 23.3. The van der Waals surface area contributed by atoms with Crippen molar-refractivity contribution in [1.29, 1.82) is 0 Å². The molecule has 1 aliphatic heterocycles. The fourth-order valence-corrected chi connectivity index (χ4v) is 8.83. The van der Waals surface area contributed by atoms with E-state index in [0.717, 1.165) is 41.2 Å². The molecule has 0 spiro atoms. The van der Waals surface area contributed by atoms with Crippen molar-refractivity contribution >= 4 is 46.2 Å². The van der Waals surface area contributed by atoms with Crippen molar-refractivity contribution in [2.75, 3.05) is 32.4 Å². The Balaban J connectivity index is 1.37. The van der Waals surface area contributed by atoms with E-state index in [2.05, 4.69) is 40.2 Å². The van der Waals surface area contributed by atoms with Crippen LogP contribution in [0.4, 0.5) is 0 Å². The second-order valence-electron chi connectivity index (χ2n) is 14.4. The van der Waals surface area contributed by atoms with E-state index in [0.29, 0.717) is 71.0 Å². The monoisotopic (exact) mass is 713 g/mol. The highest BCUT2D eigenvalue weighted by molar-refractivity contribution is 8.00. The van der Waals surface area contributed by atoms with Crippen LogP contribution in [0.25, 0.3) is 10.8 Å². The molecule has 2 fully saturated rings. The maximum Gasteiger partial charge on any atom is 0.245 e. The van der Waals surface area contributed by atoms with Crippen LogP contribution < -0.4 is 21.7 Å². The fraction of sp³-hybridized carbons (Fsp3) is 0.512. The fourth-order valence-electron chi connectivity index (χ4n) is 7.90. The summed E-state index contributed by atoms with van der Waals surface area (Å²) in [7, 11) is 0. The van der Waals surface area contributed by atoms with Crippen LogP contribution >= 0.6 is 11.8 Å². The topological polar surface area (TPSA) is 134 Å². The molecule has 4 atom stereocenters. The summed E-state index contributed by atoms with van der Waals surface area (Å²) < 4.78 is -0.764. The van der Waals surface area contributed by atoms with Crippen molar-refractivity contribution in [3.63, 3.8) is 0 Å². The number of nitrogens with one attached hydrogen (secondary N) is 3. The molecule has 274 valence electrons. The standard InChI is InChI=1S/C41H55N5O4S/c1-3-43-38(49)40(27-30-13-6-4-7-14-30)21-12-24-46(29-40)37(48)35(26-31-18-19-32-15-9-10-16-33(32)25-31)45-39(50)41(51-2)22-20-34(28-41)44-36(47)17-8-5-11-23-42/h4,6-7,9-10,13-16,18-19,25,34-35H,3,5,8,11-12,17,20-24,26-29,42H2,1-2H3,(H,43,49)(H,44,47)(H,45,50). The lowest BCUT2D eigenvalue weighted by atomic mass is 9.74. The van der Waals surface area contributed by atoms with Gasteiger partial charge in [0.25, 0.3) is 0 Å². The molecule has 1 saturated carbocycles. The molecule has 9 nitrogen and oxygen atoms in total. The number of hydrogen-bond acceptors (Lipinski definition) is 6. The lowest BCUT2D eigenvalue weighted by Gasteiger charge is -2.43. The number of nitrogens with two attached hydrogens (primary N) is 1. The van der Waals surface area contributed by atoms with Gasteiger partial charge in [-0.25, -0.2) is 0 Å². The molecule has 3 aromatic carbocycles. The van der Waals surface area contributed by atoms with Gasteiger partial charge in [-0.05, 0) is 93.0 Å². The molecule has 1 aliphatic carbocycles. The highest BCUT2D eigenvalue weighted by atomic mass is 32.2. The minimum absolute atomic E-state index is 0.00915. The van der Waals surface area contributed by atoms with Crippen molar-refractivity contribution in [2.24, 2.45) is 11.1 Å². The van der Waals surface area contributed by atoms with Crippen LogP contribution in [0.5, 0.6) is 0 Å². The minimum Gasteiger partial charge on any atom is -0.356 e. The minimum atomic E-state index is -0.819. The molecule has 51 heavy (non-hydrogen) atoms. The first-order valence-electron chi connectivity index (χ1n) is 18.6. The van der Waals surface area contributed by atoms with Gasteiger partial charge in [-0.15, -0.1) is 11.8 Å². The van der Waals surface area contributed by atoms with E-state index < -0.39 is 16.2 Å². The molecule has 1 heterocycles. The molecule has 0 bridgehead atoms. The Bertz CT molecular complexity index is 1650. The van der Waals surface area contributed by atoms with Gasteiger partial charge in [0.1, 0.15) is 6.04 Å². The van der Waals surface area contributed by atoms with E-state index in [4.69, 9.17) is 5.73 Å². The zero-order valence-electron chi connectivity index (χ0n) is 30.3. The lowest BCUT2D eigenvalue weighted by Crippen LogP contribution is -2.59. The van der Waals surface area contributed by atoms with Crippen LogP contribution in [0.1, 0.15) is 75.8 Å². The molecular formula is C41H55N5O4S. The third-order valence-corrected chi connectivity index (χ3v) is 12.0. The lowest BCUT2D eigenvalue weighted by molar-refractivity contribution is -0.144. The Hall–Kier alpha value is -3.89. The number of hydrogen-bond donors (Lipinski definition) is 4. The van der Waals surface area contributed by atoms with E-state index in [-0.39, 0.29) is 36.2 Å². The highest BCUT2D eigenvalue weighted by Crippen LogP contribution is 2.41. The summed E-state index contributed by atoms with van der Waals surface area (Å²) in [4.78, 5) is 57.3. The quantitative estimate of drug-likeness (QED) is 0.152. The molecule has 5 N–H and O–H groups in total. The second kappa shape index (κ2) is 18.0. The average Bonchev–Trinajstić information content (AvgIpc) is 3.57. The molecule has 1 saturated heterocycles. The molecule has 2 aliphatic rings. The summed E-state index contributed by atoms with van der Waals surface area (Å²) in [6.45, 7) is 3.85. The number of carbonyl (C=O) groups excluding carboxylic acids is 4. The summed E-state index contributed by atoms with van der Waals surface area (Å²) in [5, 5.41) is 11.6. The Morgan fingerprint density at radius 3 is 2.43 bits per heavy atom. The summed E-state index contributed by atoms with van der Waals surface area (Å²) in [5.41, 5.74) is 6.83. The number of benzene rings is 3. The van der Waals surface area contributed by atoms with Crippen molar-refractivity contribution in [2.45, 2.75) is 94.4 Å². The largest absolute Gasteiger partial charge is 0.356 e. The first kappa shape index (κ1) is 38.3. The van der Waals surface area contributed by atoms with E-state index in [1.54, 1.807) is 0 Å². The first-order chi connectivity index (χ1) is 24.7. The SMILES string of the molecule is CCNC(=O)C1(Cc2ccccc2)CCCN(C(=O)C(Cc2ccc3ccccc3c2)NC(=O)C2(SC)CCC(NC(=O)CCCCCN)C2)C1. The number of rotatable bonds is 16. The van der Waals surface area contributed by atoms with E-state index >= 15 is 0 Å². The zero-order chi connectivity index (χ0) is 36.3. The maximum atomic E-state index is 14.7. The third-order valence-electron chi connectivity index (χ3n) is 10.7. The highest BCUT2D eigenvalue weighted by Gasteiger charge is 2.48. The van der Waals surface area contributed by atoms with E-state index in [9.17, 15) is 19.2 Å². The van der Waals surface area contributed by atoms with Crippen LogP contribution in [0.2, 0.25) is 0 Å². The number of unbranched alkanes of at least 4 members (excludes halogenated alkanes) is 2. The van der Waals surface area contributed by atoms with Gasteiger partial charge < -0.3 is 26.6 Å². The van der Waals surface area contributed by atoms with Gasteiger partial charge in [0, 0.05) is 38.5 Å². The molecule has 10 heteroatoms. The van der Waals surface area contributed by atoms with Crippen LogP contribution in [-0.2, 0) is 32.0 Å². The smallest absolute Gasteiger partial charge is 0.245 e. The third kappa shape index (κ3) is 9.71. The van der Waals surface area contributed by atoms with Gasteiger partial charge in [-0.1, -0.05) is 79.2 Å².